The predicted molar refractivity (Wildman–Crippen MR) is 144 cm³/mol. The van der Waals surface area contributed by atoms with Gasteiger partial charge in [-0.2, -0.15) is 0 Å². The lowest BCUT2D eigenvalue weighted by atomic mass is 10.1. The van der Waals surface area contributed by atoms with Gasteiger partial charge in [0.05, 0.1) is 5.75 Å². The van der Waals surface area contributed by atoms with Crippen LogP contribution < -0.4 is 9.64 Å². The van der Waals surface area contributed by atoms with E-state index in [0.717, 1.165) is 29.0 Å². The molecule has 1 atom stereocenters. The summed E-state index contributed by atoms with van der Waals surface area (Å²) in [5.41, 5.74) is 4.34. The third-order valence-electron chi connectivity index (χ3n) is 6.23. The molecule has 0 radical (unpaired) electrons. The summed E-state index contributed by atoms with van der Waals surface area (Å²) in [6.45, 7) is 6.76. The standard InChI is InChI=1S/C29H28N4O2S/c1-3-17-32-27(19-35-26-16-10-8-14-24(26)22-11-5-4-6-12-22)30-31-29(32)36-20-28(34)33-21(2)18-23-13-7-9-15-25(23)33/h3-16,21H,1,17-20H2,2H3/t21-/m0/s1. The van der Waals surface area contributed by atoms with Crippen LogP contribution in [0.15, 0.2) is 96.7 Å². The number of allylic oxidation sites excluding steroid dienone is 1. The second-order valence-corrected chi connectivity index (χ2v) is 9.63. The molecule has 1 aliphatic heterocycles. The Morgan fingerprint density at radius 1 is 1.06 bits per heavy atom. The number of benzene rings is 3. The van der Waals surface area contributed by atoms with Gasteiger partial charge in [-0.15, -0.1) is 16.8 Å². The highest BCUT2D eigenvalue weighted by molar-refractivity contribution is 7.99. The third kappa shape index (κ3) is 4.93. The Labute approximate surface area is 215 Å². The molecule has 0 saturated heterocycles. The van der Waals surface area contributed by atoms with Gasteiger partial charge in [0.2, 0.25) is 5.91 Å². The van der Waals surface area contributed by atoms with E-state index in [2.05, 4.69) is 41.9 Å². The summed E-state index contributed by atoms with van der Waals surface area (Å²) < 4.78 is 8.15. The number of amides is 1. The highest BCUT2D eigenvalue weighted by atomic mass is 32.2. The molecule has 6 nitrogen and oxygen atoms in total. The van der Waals surface area contributed by atoms with Crippen LogP contribution in [0.4, 0.5) is 5.69 Å². The van der Waals surface area contributed by atoms with E-state index in [1.165, 1.54) is 17.3 Å². The van der Waals surface area contributed by atoms with Crippen molar-refractivity contribution in [3.63, 3.8) is 0 Å². The van der Waals surface area contributed by atoms with E-state index in [0.29, 0.717) is 17.5 Å². The molecule has 1 amide bonds. The number of carbonyl (C=O) groups excluding carboxylic acids is 1. The maximum absolute atomic E-state index is 13.2. The lowest BCUT2D eigenvalue weighted by Crippen LogP contribution is -2.37. The van der Waals surface area contributed by atoms with Crippen molar-refractivity contribution in [2.24, 2.45) is 0 Å². The summed E-state index contributed by atoms with van der Waals surface area (Å²) in [6.07, 6.45) is 2.68. The number of aromatic nitrogens is 3. The van der Waals surface area contributed by atoms with Gasteiger partial charge in [0.15, 0.2) is 11.0 Å². The Morgan fingerprint density at radius 3 is 2.64 bits per heavy atom. The number of fused-ring (bicyclic) bond motifs is 1. The largest absolute Gasteiger partial charge is 0.485 e. The van der Waals surface area contributed by atoms with Crippen molar-refractivity contribution in [1.29, 1.82) is 0 Å². The molecule has 36 heavy (non-hydrogen) atoms. The number of para-hydroxylation sites is 2. The van der Waals surface area contributed by atoms with Gasteiger partial charge < -0.3 is 9.64 Å². The smallest absolute Gasteiger partial charge is 0.237 e. The fraction of sp³-hybridized carbons (Fsp3) is 0.207. The molecule has 0 aliphatic carbocycles. The highest BCUT2D eigenvalue weighted by Crippen LogP contribution is 2.33. The van der Waals surface area contributed by atoms with Crippen LogP contribution >= 0.6 is 11.8 Å². The van der Waals surface area contributed by atoms with Crippen molar-refractivity contribution in [2.45, 2.75) is 37.7 Å². The molecule has 1 aromatic heterocycles. The van der Waals surface area contributed by atoms with Crippen LogP contribution in [0.25, 0.3) is 11.1 Å². The molecule has 7 heteroatoms. The van der Waals surface area contributed by atoms with Gasteiger partial charge in [-0.25, -0.2) is 0 Å². The van der Waals surface area contributed by atoms with Crippen molar-refractivity contribution >= 4 is 23.4 Å². The molecule has 0 bridgehead atoms. The quantitative estimate of drug-likeness (QED) is 0.217. The van der Waals surface area contributed by atoms with Crippen molar-refractivity contribution in [2.75, 3.05) is 10.7 Å². The first kappa shape index (κ1) is 23.9. The molecular weight excluding hydrogens is 468 g/mol. The molecular formula is C29H28N4O2S. The van der Waals surface area contributed by atoms with Crippen molar-refractivity contribution in [3.05, 3.63) is 103 Å². The first-order valence-corrected chi connectivity index (χ1v) is 13.0. The monoisotopic (exact) mass is 496 g/mol. The maximum atomic E-state index is 13.2. The van der Waals surface area contributed by atoms with Crippen molar-refractivity contribution < 1.29 is 9.53 Å². The second-order valence-electron chi connectivity index (χ2n) is 8.68. The Hall–Kier alpha value is -3.84. The summed E-state index contributed by atoms with van der Waals surface area (Å²) in [5.74, 6) is 1.82. The summed E-state index contributed by atoms with van der Waals surface area (Å²) in [6, 6.07) is 26.4. The summed E-state index contributed by atoms with van der Waals surface area (Å²) >= 11 is 1.40. The number of hydrogen-bond acceptors (Lipinski definition) is 5. The topological polar surface area (TPSA) is 60.2 Å². The summed E-state index contributed by atoms with van der Waals surface area (Å²) in [7, 11) is 0. The average Bonchev–Trinajstić information content (AvgIpc) is 3.46. The van der Waals surface area contributed by atoms with E-state index in [-0.39, 0.29) is 24.3 Å². The summed E-state index contributed by atoms with van der Waals surface area (Å²) in [4.78, 5) is 15.1. The Balaban J connectivity index is 1.29. The van der Waals surface area contributed by atoms with E-state index in [4.69, 9.17) is 4.74 Å². The van der Waals surface area contributed by atoms with Crippen LogP contribution in [0.2, 0.25) is 0 Å². The highest BCUT2D eigenvalue weighted by Gasteiger charge is 2.30. The number of carbonyl (C=O) groups is 1. The molecule has 1 aliphatic rings. The minimum atomic E-state index is 0.0696. The van der Waals surface area contributed by atoms with Crippen LogP contribution in [-0.2, 0) is 24.4 Å². The van der Waals surface area contributed by atoms with E-state index in [1.807, 2.05) is 70.1 Å². The van der Waals surface area contributed by atoms with Crippen LogP contribution in [0.1, 0.15) is 18.3 Å². The molecule has 0 spiro atoms. The normalized spacial score (nSPS) is 14.5. The average molecular weight is 497 g/mol. The zero-order valence-corrected chi connectivity index (χ0v) is 21.0. The molecule has 5 rings (SSSR count). The second kappa shape index (κ2) is 10.8. The van der Waals surface area contributed by atoms with Crippen molar-refractivity contribution in [1.82, 2.24) is 14.8 Å². The molecule has 0 saturated carbocycles. The zero-order valence-electron chi connectivity index (χ0n) is 20.2. The van der Waals surface area contributed by atoms with E-state index in [1.54, 1.807) is 6.08 Å². The molecule has 182 valence electrons. The van der Waals surface area contributed by atoms with Crippen LogP contribution in [0.5, 0.6) is 5.75 Å². The molecule has 3 aromatic carbocycles. The van der Waals surface area contributed by atoms with E-state index >= 15 is 0 Å². The molecule has 0 unspecified atom stereocenters. The fourth-order valence-corrected chi connectivity index (χ4v) is 5.40. The Morgan fingerprint density at radius 2 is 1.81 bits per heavy atom. The summed E-state index contributed by atoms with van der Waals surface area (Å²) in [5, 5.41) is 9.42. The molecule has 0 N–H and O–H groups in total. The van der Waals surface area contributed by atoms with Gasteiger partial charge in [-0.1, -0.05) is 84.6 Å². The predicted octanol–water partition coefficient (Wildman–Crippen LogP) is 5.78. The molecule has 4 aromatic rings. The number of nitrogens with zero attached hydrogens (tertiary/aromatic N) is 4. The number of ether oxygens (including phenoxy) is 1. The van der Waals surface area contributed by atoms with Gasteiger partial charge in [0.1, 0.15) is 12.4 Å². The van der Waals surface area contributed by atoms with Gasteiger partial charge >= 0.3 is 0 Å². The lowest BCUT2D eigenvalue weighted by Gasteiger charge is -2.22. The minimum absolute atomic E-state index is 0.0696. The fourth-order valence-electron chi connectivity index (χ4n) is 4.58. The number of rotatable bonds is 9. The van der Waals surface area contributed by atoms with E-state index < -0.39 is 0 Å². The first-order valence-electron chi connectivity index (χ1n) is 12.0. The number of thioether (sulfide) groups is 1. The van der Waals surface area contributed by atoms with Crippen LogP contribution in [0.3, 0.4) is 0 Å². The van der Waals surface area contributed by atoms with Crippen molar-refractivity contribution in [3.8, 4) is 16.9 Å². The minimum Gasteiger partial charge on any atom is -0.485 e. The van der Waals surface area contributed by atoms with Crippen LogP contribution in [-0.4, -0.2) is 32.5 Å². The maximum Gasteiger partial charge on any atom is 0.237 e. The van der Waals surface area contributed by atoms with Crippen LogP contribution in [0, 0.1) is 0 Å². The number of hydrogen-bond donors (Lipinski definition) is 0. The molecule has 0 fully saturated rings. The van der Waals surface area contributed by atoms with Gasteiger partial charge in [0.25, 0.3) is 0 Å². The lowest BCUT2D eigenvalue weighted by molar-refractivity contribution is -0.116. The third-order valence-corrected chi connectivity index (χ3v) is 7.19. The zero-order chi connectivity index (χ0) is 24.9. The Bertz CT molecular complexity index is 1370. The van der Waals surface area contributed by atoms with Gasteiger partial charge in [-0.3, -0.25) is 9.36 Å². The molecule has 2 heterocycles. The van der Waals surface area contributed by atoms with Gasteiger partial charge in [-0.05, 0) is 36.6 Å². The number of anilines is 1. The van der Waals surface area contributed by atoms with Gasteiger partial charge in [0, 0.05) is 23.8 Å². The SMILES string of the molecule is C=CCn1c(COc2ccccc2-c2ccccc2)nnc1SCC(=O)N1c2ccccc2C[C@@H]1C. The Kier molecular flexibility index (Phi) is 7.18. The first-order chi connectivity index (χ1) is 17.7. The van der Waals surface area contributed by atoms with E-state index in [9.17, 15) is 4.79 Å².